The molecule has 0 spiro atoms. The predicted molar refractivity (Wildman–Crippen MR) is 70.5 cm³/mol. The topological polar surface area (TPSA) is 157 Å². The Labute approximate surface area is 126 Å². The molecule has 0 heterocycles. The average Bonchev–Trinajstić information content (AvgIpc) is 2.31. The SMILES string of the molecule is CC(=O)O[C@H](COP(=O)(O)O)C[C@H](OC(C)=O)[C@@H](C)C(=O)O. The summed E-state index contributed by atoms with van der Waals surface area (Å²) >= 11 is 0. The molecule has 0 unspecified atom stereocenters. The minimum Gasteiger partial charge on any atom is -0.481 e. The molecule has 0 aromatic rings. The number of carboxylic acids is 1. The summed E-state index contributed by atoms with van der Waals surface area (Å²) in [6.45, 7) is 2.75. The van der Waals surface area contributed by atoms with E-state index in [9.17, 15) is 18.9 Å². The molecular formula is C11H19O10P. The Morgan fingerprint density at radius 2 is 1.59 bits per heavy atom. The van der Waals surface area contributed by atoms with Gasteiger partial charge in [0.15, 0.2) is 0 Å². The summed E-state index contributed by atoms with van der Waals surface area (Å²) in [5.41, 5.74) is 0. The molecule has 0 bridgehead atoms. The second kappa shape index (κ2) is 8.84. The van der Waals surface area contributed by atoms with Crippen LogP contribution in [0.5, 0.6) is 0 Å². The van der Waals surface area contributed by atoms with Crippen LogP contribution in [0, 0.1) is 5.92 Å². The minimum atomic E-state index is -4.79. The quantitative estimate of drug-likeness (QED) is 0.387. The Hall–Kier alpha value is -1.48. The number of carbonyl (C=O) groups excluding carboxylic acids is 2. The molecule has 0 fully saturated rings. The highest BCUT2D eigenvalue weighted by atomic mass is 31.2. The van der Waals surface area contributed by atoms with Crippen LogP contribution in [0.3, 0.4) is 0 Å². The first-order valence-electron chi connectivity index (χ1n) is 6.19. The number of ether oxygens (including phenoxy) is 2. The second-order valence-electron chi connectivity index (χ2n) is 4.53. The van der Waals surface area contributed by atoms with Gasteiger partial charge in [0.05, 0.1) is 12.5 Å². The van der Waals surface area contributed by atoms with Crippen molar-refractivity contribution in [3.05, 3.63) is 0 Å². The van der Waals surface area contributed by atoms with E-state index in [0.29, 0.717) is 0 Å². The van der Waals surface area contributed by atoms with Crippen LogP contribution in [-0.2, 0) is 32.9 Å². The van der Waals surface area contributed by atoms with Gasteiger partial charge in [0.25, 0.3) is 0 Å². The summed E-state index contributed by atoms with van der Waals surface area (Å²) in [7, 11) is -4.79. The fraction of sp³-hybridized carbons (Fsp3) is 0.727. The summed E-state index contributed by atoms with van der Waals surface area (Å²) < 4.78 is 24.6. The molecule has 0 rings (SSSR count). The van der Waals surface area contributed by atoms with E-state index in [1.165, 1.54) is 6.92 Å². The average molecular weight is 342 g/mol. The monoisotopic (exact) mass is 342 g/mol. The number of phosphoric ester groups is 1. The Morgan fingerprint density at radius 1 is 1.09 bits per heavy atom. The number of esters is 2. The van der Waals surface area contributed by atoms with Gasteiger partial charge in [-0.05, 0) is 6.92 Å². The number of carboxylic acid groups (broad SMARTS) is 1. The molecule has 3 N–H and O–H groups in total. The summed E-state index contributed by atoms with van der Waals surface area (Å²) in [6.07, 6.45) is -2.62. The van der Waals surface area contributed by atoms with Gasteiger partial charge in [0, 0.05) is 20.3 Å². The molecule has 0 radical (unpaired) electrons. The van der Waals surface area contributed by atoms with Crippen molar-refractivity contribution in [2.24, 2.45) is 5.92 Å². The third kappa shape index (κ3) is 9.46. The highest BCUT2D eigenvalue weighted by molar-refractivity contribution is 7.46. The fourth-order valence-corrected chi connectivity index (χ4v) is 1.91. The van der Waals surface area contributed by atoms with Gasteiger partial charge in [0.2, 0.25) is 0 Å². The zero-order valence-corrected chi connectivity index (χ0v) is 13.2. The standard InChI is InChI=1S/C11H19O10P/c1-6(11(14)15)10(21-8(3)13)4-9(20-7(2)12)5-19-22(16,17)18/h6,9-10H,4-5H2,1-3H3,(H,14,15)(H2,16,17,18)/t6-,9+,10+/m1/s1. The van der Waals surface area contributed by atoms with Crippen molar-refractivity contribution in [3.63, 3.8) is 0 Å². The van der Waals surface area contributed by atoms with Crippen molar-refractivity contribution >= 4 is 25.7 Å². The third-order valence-electron chi connectivity index (χ3n) is 2.52. The maximum Gasteiger partial charge on any atom is 0.469 e. The Bertz CT molecular complexity index is 456. The molecule has 3 atom stereocenters. The molecule has 0 saturated carbocycles. The number of hydrogen-bond donors (Lipinski definition) is 3. The molecule has 0 aliphatic carbocycles. The van der Waals surface area contributed by atoms with Crippen LogP contribution in [-0.4, -0.2) is 51.6 Å². The van der Waals surface area contributed by atoms with Crippen molar-refractivity contribution in [2.45, 2.75) is 39.4 Å². The van der Waals surface area contributed by atoms with Gasteiger partial charge in [-0.15, -0.1) is 0 Å². The van der Waals surface area contributed by atoms with Crippen LogP contribution in [0.2, 0.25) is 0 Å². The Morgan fingerprint density at radius 3 is 1.95 bits per heavy atom. The lowest BCUT2D eigenvalue weighted by molar-refractivity contribution is -0.161. The van der Waals surface area contributed by atoms with Crippen LogP contribution in [0.15, 0.2) is 0 Å². The second-order valence-corrected chi connectivity index (χ2v) is 5.77. The van der Waals surface area contributed by atoms with Gasteiger partial charge in [-0.3, -0.25) is 18.9 Å². The maximum atomic E-state index is 11.0. The Balaban J connectivity index is 5.00. The number of rotatable bonds is 9. The lowest BCUT2D eigenvalue weighted by Gasteiger charge is -2.25. The van der Waals surface area contributed by atoms with Crippen LogP contribution >= 0.6 is 7.82 Å². The lowest BCUT2D eigenvalue weighted by atomic mass is 9.99. The van der Waals surface area contributed by atoms with E-state index in [-0.39, 0.29) is 6.42 Å². The maximum absolute atomic E-state index is 11.0. The van der Waals surface area contributed by atoms with Gasteiger partial charge in [0.1, 0.15) is 12.2 Å². The number of hydrogen-bond acceptors (Lipinski definition) is 7. The van der Waals surface area contributed by atoms with Gasteiger partial charge >= 0.3 is 25.7 Å². The first-order chi connectivity index (χ1) is 9.92. The summed E-state index contributed by atoms with van der Waals surface area (Å²) in [5, 5.41) is 8.96. The van der Waals surface area contributed by atoms with Gasteiger partial charge in [-0.2, -0.15) is 0 Å². The smallest absolute Gasteiger partial charge is 0.469 e. The van der Waals surface area contributed by atoms with Crippen molar-refractivity contribution < 1.29 is 47.8 Å². The summed E-state index contributed by atoms with van der Waals surface area (Å²) in [5.74, 6) is -3.86. The van der Waals surface area contributed by atoms with Gasteiger partial charge < -0.3 is 24.4 Å². The van der Waals surface area contributed by atoms with E-state index in [4.69, 9.17) is 24.4 Å². The van der Waals surface area contributed by atoms with E-state index in [2.05, 4.69) is 4.52 Å². The first-order valence-corrected chi connectivity index (χ1v) is 7.72. The normalized spacial score (nSPS) is 15.5. The Kier molecular flexibility index (Phi) is 8.25. The molecule has 11 heteroatoms. The molecule has 0 aromatic heterocycles. The molecule has 0 saturated heterocycles. The molecule has 0 amide bonds. The van der Waals surface area contributed by atoms with E-state index < -0.39 is 50.5 Å². The number of carbonyl (C=O) groups is 3. The first kappa shape index (κ1) is 20.5. The van der Waals surface area contributed by atoms with Crippen LogP contribution in [0.4, 0.5) is 0 Å². The van der Waals surface area contributed by atoms with E-state index in [1.54, 1.807) is 0 Å². The van der Waals surface area contributed by atoms with Crippen LogP contribution in [0.1, 0.15) is 27.2 Å². The molecule has 0 aliphatic rings. The zero-order valence-electron chi connectivity index (χ0n) is 12.3. The molecule has 10 nitrogen and oxygen atoms in total. The summed E-state index contributed by atoms with van der Waals surface area (Å²) in [6, 6.07) is 0. The minimum absolute atomic E-state index is 0.285. The highest BCUT2D eigenvalue weighted by Gasteiger charge is 2.31. The van der Waals surface area contributed by atoms with E-state index >= 15 is 0 Å². The fourth-order valence-electron chi connectivity index (χ4n) is 1.55. The van der Waals surface area contributed by atoms with Gasteiger partial charge in [-0.25, -0.2) is 4.57 Å². The van der Waals surface area contributed by atoms with Gasteiger partial charge in [-0.1, -0.05) is 0 Å². The molecule has 0 aromatic carbocycles. The van der Waals surface area contributed by atoms with Crippen LogP contribution in [0.25, 0.3) is 0 Å². The number of aliphatic carboxylic acids is 1. The largest absolute Gasteiger partial charge is 0.481 e. The molecule has 22 heavy (non-hydrogen) atoms. The van der Waals surface area contributed by atoms with Crippen molar-refractivity contribution in [2.75, 3.05) is 6.61 Å². The van der Waals surface area contributed by atoms with Crippen LogP contribution < -0.4 is 0 Å². The van der Waals surface area contributed by atoms with E-state index in [1.807, 2.05) is 0 Å². The predicted octanol–water partition coefficient (Wildman–Crippen LogP) is 0.0699. The number of phosphoric acid groups is 1. The highest BCUT2D eigenvalue weighted by Crippen LogP contribution is 2.36. The zero-order chi connectivity index (χ0) is 17.5. The van der Waals surface area contributed by atoms with Crippen molar-refractivity contribution in [3.8, 4) is 0 Å². The molecular weight excluding hydrogens is 323 g/mol. The molecule has 0 aliphatic heterocycles. The van der Waals surface area contributed by atoms with E-state index in [0.717, 1.165) is 13.8 Å². The van der Waals surface area contributed by atoms with Crippen molar-refractivity contribution in [1.29, 1.82) is 0 Å². The summed E-state index contributed by atoms with van der Waals surface area (Å²) in [4.78, 5) is 50.3. The van der Waals surface area contributed by atoms with Crippen molar-refractivity contribution in [1.82, 2.24) is 0 Å². The molecule has 128 valence electrons. The lowest BCUT2D eigenvalue weighted by Crippen LogP contribution is -2.36. The third-order valence-corrected chi connectivity index (χ3v) is 3.01.